The Morgan fingerprint density at radius 2 is 1.82 bits per heavy atom. The molecule has 0 atom stereocenters. The van der Waals surface area contributed by atoms with E-state index in [1.165, 1.54) is 29.0 Å². The molecule has 210 valence electrons. The molecule has 0 bridgehead atoms. The van der Waals surface area contributed by atoms with Crippen LogP contribution in [0.3, 0.4) is 0 Å². The number of alkyl halides is 3. The maximum Gasteiger partial charge on any atom is 0.573 e. The molecule has 4 aromatic rings. The second-order valence-corrected chi connectivity index (χ2v) is 10.8. The van der Waals surface area contributed by atoms with Crippen molar-refractivity contribution >= 4 is 33.9 Å². The fourth-order valence-corrected chi connectivity index (χ4v) is 6.05. The number of hydrogen-bond acceptors (Lipinski definition) is 6. The number of ether oxygens (including phenoxy) is 2. The highest BCUT2D eigenvalue weighted by molar-refractivity contribution is 7.20. The van der Waals surface area contributed by atoms with Gasteiger partial charge in [-0.15, -0.1) is 13.2 Å². The molecule has 2 heterocycles. The number of halogens is 3. The van der Waals surface area contributed by atoms with Gasteiger partial charge in [0.2, 0.25) is 0 Å². The first-order chi connectivity index (χ1) is 19.2. The van der Waals surface area contributed by atoms with E-state index in [2.05, 4.69) is 39.3 Å². The van der Waals surface area contributed by atoms with Crippen LogP contribution in [0.5, 0.6) is 5.75 Å². The third-order valence-corrected chi connectivity index (χ3v) is 8.03. The van der Waals surface area contributed by atoms with Crippen LogP contribution in [0.4, 0.5) is 18.9 Å². The van der Waals surface area contributed by atoms with Gasteiger partial charge in [0.15, 0.2) is 4.96 Å². The standard InChI is InChI=1S/C29H28F3N3O4S/c1-2-38-26(36)14-18-6-8-19(9-7-18)20-10-12-21(13-11-20)25-17-35-16-24(34-28(35)40-25)27(37)33-22-4-3-5-23(15-22)39-29(30,31)32/h3-5,10-13,15-19H,2,6-9,14H2,1H3,(H,33,37)/t18-,19-. The molecule has 1 amide bonds. The molecule has 1 N–H and O–H groups in total. The average molecular weight is 572 g/mol. The van der Waals surface area contributed by atoms with Crippen LogP contribution in [0.2, 0.25) is 0 Å². The van der Waals surface area contributed by atoms with Crippen molar-refractivity contribution in [3.05, 3.63) is 72.2 Å². The number of esters is 1. The number of benzene rings is 2. The number of fused-ring (bicyclic) bond motifs is 1. The van der Waals surface area contributed by atoms with E-state index in [9.17, 15) is 22.8 Å². The number of anilines is 1. The molecular weight excluding hydrogens is 543 g/mol. The molecule has 0 saturated heterocycles. The first kappa shape index (κ1) is 27.7. The summed E-state index contributed by atoms with van der Waals surface area (Å²) < 4.78 is 48.2. The summed E-state index contributed by atoms with van der Waals surface area (Å²) in [5, 5.41) is 2.56. The minimum atomic E-state index is -4.82. The first-order valence-corrected chi connectivity index (χ1v) is 13.9. The number of imidazole rings is 1. The van der Waals surface area contributed by atoms with Gasteiger partial charge >= 0.3 is 12.3 Å². The number of thiazole rings is 1. The van der Waals surface area contributed by atoms with Crippen LogP contribution in [0.1, 0.15) is 61.0 Å². The SMILES string of the molecule is CCOC(=O)C[C@H]1CC[C@H](c2ccc(-c3cn4cc(C(=O)Nc5cccc(OC(F)(F)F)c5)nc4s3)cc2)CC1. The summed E-state index contributed by atoms with van der Waals surface area (Å²) in [6.07, 6.45) is 3.34. The number of carbonyl (C=O) groups is 2. The highest BCUT2D eigenvalue weighted by Crippen LogP contribution is 2.38. The van der Waals surface area contributed by atoms with Gasteiger partial charge in [-0.05, 0) is 67.7 Å². The Balaban J connectivity index is 1.19. The smallest absolute Gasteiger partial charge is 0.466 e. The summed E-state index contributed by atoms with van der Waals surface area (Å²) in [6, 6.07) is 13.6. The summed E-state index contributed by atoms with van der Waals surface area (Å²) in [5.74, 6) is -0.182. The summed E-state index contributed by atoms with van der Waals surface area (Å²) in [7, 11) is 0. The van der Waals surface area contributed by atoms with E-state index >= 15 is 0 Å². The largest absolute Gasteiger partial charge is 0.573 e. The van der Waals surface area contributed by atoms with Crippen LogP contribution in [-0.2, 0) is 9.53 Å². The zero-order valence-electron chi connectivity index (χ0n) is 21.7. The van der Waals surface area contributed by atoms with E-state index in [0.717, 1.165) is 48.3 Å². The van der Waals surface area contributed by atoms with Gasteiger partial charge in [0.1, 0.15) is 11.4 Å². The fourth-order valence-electron chi connectivity index (χ4n) is 5.08. The number of hydrogen-bond donors (Lipinski definition) is 1. The number of carbonyl (C=O) groups excluding carboxylic acids is 2. The van der Waals surface area contributed by atoms with E-state index in [4.69, 9.17) is 4.74 Å². The van der Waals surface area contributed by atoms with Gasteiger partial charge in [-0.25, -0.2) is 4.98 Å². The summed E-state index contributed by atoms with van der Waals surface area (Å²) >= 11 is 1.44. The van der Waals surface area contributed by atoms with Crippen molar-refractivity contribution in [1.29, 1.82) is 0 Å². The molecule has 5 rings (SSSR count). The molecule has 1 aliphatic rings. The van der Waals surface area contributed by atoms with Gasteiger partial charge in [-0.3, -0.25) is 14.0 Å². The van der Waals surface area contributed by atoms with Crippen molar-refractivity contribution in [1.82, 2.24) is 9.38 Å². The third kappa shape index (κ3) is 6.82. The van der Waals surface area contributed by atoms with Gasteiger partial charge in [-0.1, -0.05) is 41.7 Å². The lowest BCUT2D eigenvalue weighted by Gasteiger charge is -2.28. The molecule has 0 radical (unpaired) electrons. The molecule has 0 aliphatic heterocycles. The summed E-state index contributed by atoms with van der Waals surface area (Å²) in [6.45, 7) is 2.25. The maximum atomic E-state index is 12.7. The topological polar surface area (TPSA) is 81.9 Å². The summed E-state index contributed by atoms with van der Waals surface area (Å²) in [4.78, 5) is 30.4. The van der Waals surface area contributed by atoms with Crippen molar-refractivity contribution < 1.29 is 32.2 Å². The lowest BCUT2D eigenvalue weighted by molar-refractivity contribution is -0.274. The Bertz CT molecular complexity index is 1460. The highest BCUT2D eigenvalue weighted by atomic mass is 32.1. The van der Waals surface area contributed by atoms with Crippen molar-refractivity contribution in [3.8, 4) is 16.2 Å². The molecular formula is C29H28F3N3O4S. The van der Waals surface area contributed by atoms with E-state index < -0.39 is 18.0 Å². The quantitative estimate of drug-likeness (QED) is 0.222. The highest BCUT2D eigenvalue weighted by Gasteiger charge is 2.31. The van der Waals surface area contributed by atoms with Crippen LogP contribution in [0.15, 0.2) is 60.9 Å². The minimum Gasteiger partial charge on any atom is -0.466 e. The van der Waals surface area contributed by atoms with Crippen LogP contribution in [0, 0.1) is 5.92 Å². The molecule has 0 unspecified atom stereocenters. The van der Waals surface area contributed by atoms with Gasteiger partial charge in [0, 0.05) is 30.6 Å². The third-order valence-electron chi connectivity index (χ3n) is 6.99. The van der Waals surface area contributed by atoms with Crippen molar-refractivity contribution in [2.45, 2.75) is 51.3 Å². The zero-order chi connectivity index (χ0) is 28.3. The average Bonchev–Trinajstić information content (AvgIpc) is 3.49. The number of amides is 1. The molecule has 1 saturated carbocycles. The molecule has 1 fully saturated rings. The monoisotopic (exact) mass is 571 g/mol. The first-order valence-electron chi connectivity index (χ1n) is 13.1. The minimum absolute atomic E-state index is 0.102. The Kier molecular flexibility index (Phi) is 8.11. The Morgan fingerprint density at radius 1 is 1.07 bits per heavy atom. The van der Waals surface area contributed by atoms with Crippen molar-refractivity contribution in [3.63, 3.8) is 0 Å². The molecule has 11 heteroatoms. The lowest BCUT2D eigenvalue weighted by atomic mass is 9.77. The molecule has 2 aromatic carbocycles. The number of nitrogens with zero attached hydrogens (tertiary/aromatic N) is 2. The van der Waals surface area contributed by atoms with E-state index in [1.807, 2.05) is 13.1 Å². The zero-order valence-corrected chi connectivity index (χ0v) is 22.6. The predicted molar refractivity (Wildman–Crippen MR) is 146 cm³/mol. The van der Waals surface area contributed by atoms with E-state index in [1.54, 1.807) is 10.6 Å². The number of nitrogens with one attached hydrogen (secondary N) is 1. The fraction of sp³-hybridized carbons (Fsp3) is 0.345. The van der Waals surface area contributed by atoms with E-state index in [-0.39, 0.29) is 17.4 Å². The predicted octanol–water partition coefficient (Wildman–Crippen LogP) is 7.44. The molecule has 1 aliphatic carbocycles. The maximum absolute atomic E-state index is 12.7. The molecule has 40 heavy (non-hydrogen) atoms. The summed E-state index contributed by atoms with van der Waals surface area (Å²) in [5.41, 5.74) is 2.65. The van der Waals surface area contributed by atoms with E-state index in [0.29, 0.717) is 29.8 Å². The van der Waals surface area contributed by atoms with Gasteiger partial charge in [0.25, 0.3) is 5.91 Å². The van der Waals surface area contributed by atoms with Crippen molar-refractivity contribution in [2.75, 3.05) is 11.9 Å². The van der Waals surface area contributed by atoms with Crippen molar-refractivity contribution in [2.24, 2.45) is 5.92 Å². The Hall–Kier alpha value is -3.86. The molecule has 0 spiro atoms. The van der Waals surface area contributed by atoms with Gasteiger partial charge < -0.3 is 14.8 Å². The lowest BCUT2D eigenvalue weighted by Crippen LogP contribution is -2.17. The van der Waals surface area contributed by atoms with Crippen LogP contribution in [-0.4, -0.2) is 34.2 Å². The van der Waals surface area contributed by atoms with Gasteiger partial charge in [0.05, 0.1) is 11.5 Å². The normalized spacial score (nSPS) is 17.5. The van der Waals surface area contributed by atoms with Gasteiger partial charge in [-0.2, -0.15) is 0 Å². The Morgan fingerprint density at radius 3 is 2.50 bits per heavy atom. The second-order valence-electron chi connectivity index (χ2n) is 9.79. The number of rotatable bonds is 8. The van der Waals surface area contributed by atoms with Crippen LogP contribution in [0.25, 0.3) is 15.4 Å². The second kappa shape index (κ2) is 11.7. The Labute approximate surface area is 232 Å². The van der Waals surface area contributed by atoms with Crippen LogP contribution >= 0.6 is 11.3 Å². The molecule has 7 nitrogen and oxygen atoms in total. The number of aromatic nitrogens is 2. The molecule has 2 aromatic heterocycles. The van der Waals surface area contributed by atoms with Crippen LogP contribution < -0.4 is 10.1 Å².